The zero-order valence-corrected chi connectivity index (χ0v) is 6.69. The van der Waals surface area contributed by atoms with Crippen LogP contribution in [0.15, 0.2) is 0 Å². The minimum atomic E-state index is -1.89. The molecule has 0 bridgehead atoms. The fourth-order valence-corrected chi connectivity index (χ4v) is 0.687. The second-order valence-electron chi connectivity index (χ2n) is 2.59. The number of carbonyl (C=O) groups excluding carboxylic acids is 1. The molecule has 0 spiro atoms. The van der Waals surface area contributed by atoms with Crippen molar-refractivity contribution in [2.75, 3.05) is 0 Å². The third-order valence-corrected chi connectivity index (χ3v) is 1.54. The second kappa shape index (κ2) is 5.22. The monoisotopic (exact) mass is 195 g/mol. The summed E-state index contributed by atoms with van der Waals surface area (Å²) in [5, 5.41) is 44.1. The average molecular weight is 195 g/mol. The van der Waals surface area contributed by atoms with Gasteiger partial charge < -0.3 is 36.1 Å². The van der Waals surface area contributed by atoms with Crippen LogP contribution in [-0.4, -0.2) is 62.5 Å². The molecule has 0 aliphatic carbocycles. The molecule has 0 aliphatic heterocycles. The maximum atomic E-state index is 9.95. The number of aliphatic hydroxyl groups is 5. The Hall–Kier alpha value is -0.570. The van der Waals surface area contributed by atoms with Gasteiger partial charge in [0, 0.05) is 0 Å². The van der Waals surface area contributed by atoms with Crippen molar-refractivity contribution in [1.82, 2.24) is 0 Å². The number of aldehydes is 1. The van der Waals surface area contributed by atoms with Gasteiger partial charge in [0.1, 0.15) is 30.6 Å². The maximum Gasteiger partial charge on any atom is 0.151 e. The third-order valence-electron chi connectivity index (χ3n) is 1.54. The number of rotatable bonds is 5. The molecule has 78 valence electrons. The molecular formula is C6H13NO6. The van der Waals surface area contributed by atoms with E-state index in [1.165, 1.54) is 0 Å². The van der Waals surface area contributed by atoms with Crippen molar-refractivity contribution in [1.29, 1.82) is 0 Å². The molecule has 0 aliphatic rings. The van der Waals surface area contributed by atoms with E-state index >= 15 is 0 Å². The van der Waals surface area contributed by atoms with Crippen molar-refractivity contribution in [2.24, 2.45) is 5.73 Å². The molecule has 0 saturated heterocycles. The lowest BCUT2D eigenvalue weighted by Gasteiger charge is -2.25. The minimum Gasteiger partial charge on any atom is -0.387 e. The maximum absolute atomic E-state index is 9.95. The van der Waals surface area contributed by atoms with Crippen LogP contribution in [0.5, 0.6) is 0 Å². The van der Waals surface area contributed by atoms with E-state index in [0.717, 1.165) is 0 Å². The van der Waals surface area contributed by atoms with Crippen molar-refractivity contribution in [3.05, 3.63) is 0 Å². The van der Waals surface area contributed by atoms with Crippen molar-refractivity contribution in [3.63, 3.8) is 0 Å². The van der Waals surface area contributed by atoms with E-state index < -0.39 is 30.6 Å². The second-order valence-corrected chi connectivity index (χ2v) is 2.59. The quantitative estimate of drug-likeness (QED) is 0.193. The van der Waals surface area contributed by atoms with E-state index in [4.69, 9.17) is 31.3 Å². The lowest BCUT2D eigenvalue weighted by atomic mass is 10.0. The summed E-state index contributed by atoms with van der Waals surface area (Å²) in [7, 11) is 0. The molecule has 0 aromatic heterocycles. The predicted molar refractivity (Wildman–Crippen MR) is 40.3 cm³/mol. The van der Waals surface area contributed by atoms with E-state index in [9.17, 15) is 4.79 Å². The fourth-order valence-electron chi connectivity index (χ4n) is 0.687. The smallest absolute Gasteiger partial charge is 0.151 e. The Morgan fingerprint density at radius 1 is 0.923 bits per heavy atom. The third kappa shape index (κ3) is 3.35. The minimum absolute atomic E-state index is 0.0104. The molecule has 7 heteroatoms. The molecule has 0 rings (SSSR count). The molecule has 7 N–H and O–H groups in total. The van der Waals surface area contributed by atoms with E-state index in [2.05, 4.69) is 0 Å². The Balaban J connectivity index is 4.23. The molecule has 13 heavy (non-hydrogen) atoms. The molecule has 0 radical (unpaired) electrons. The van der Waals surface area contributed by atoms with Crippen molar-refractivity contribution in [2.45, 2.75) is 30.6 Å². The van der Waals surface area contributed by atoms with Crippen LogP contribution in [-0.2, 0) is 4.79 Å². The number of hydrogen-bond acceptors (Lipinski definition) is 7. The molecule has 1 unspecified atom stereocenters. The van der Waals surface area contributed by atoms with Gasteiger partial charge in [0.25, 0.3) is 0 Å². The average Bonchev–Trinajstić information content (AvgIpc) is 2.12. The fraction of sp³-hybridized carbons (Fsp3) is 0.833. The zero-order chi connectivity index (χ0) is 10.6. The Morgan fingerprint density at radius 2 is 1.38 bits per heavy atom. The van der Waals surface area contributed by atoms with Gasteiger partial charge >= 0.3 is 0 Å². The van der Waals surface area contributed by atoms with Crippen LogP contribution in [0.25, 0.3) is 0 Å². The molecule has 0 aromatic carbocycles. The van der Waals surface area contributed by atoms with E-state index in [-0.39, 0.29) is 6.29 Å². The van der Waals surface area contributed by atoms with Crippen LogP contribution >= 0.6 is 0 Å². The van der Waals surface area contributed by atoms with Gasteiger partial charge in [-0.25, -0.2) is 0 Å². The predicted octanol–water partition coefficient (Wildman–Crippen LogP) is -4.09. The molecule has 7 nitrogen and oxygen atoms in total. The summed E-state index contributed by atoms with van der Waals surface area (Å²) in [6.45, 7) is 0. The Morgan fingerprint density at radius 3 is 1.69 bits per heavy atom. The summed E-state index contributed by atoms with van der Waals surface area (Å²) in [5.74, 6) is 0. The molecule has 0 heterocycles. The van der Waals surface area contributed by atoms with Gasteiger partial charge in [0.2, 0.25) is 0 Å². The van der Waals surface area contributed by atoms with Crippen LogP contribution < -0.4 is 5.73 Å². The Bertz CT molecular complexity index is 163. The highest BCUT2D eigenvalue weighted by Crippen LogP contribution is 2.05. The summed E-state index contributed by atoms with van der Waals surface area (Å²) in [5.41, 5.74) is 4.78. The number of hydrogen-bond donors (Lipinski definition) is 6. The normalized spacial score (nSPS) is 22.9. The summed E-state index contributed by atoms with van der Waals surface area (Å²) in [6.07, 6.45) is -9.20. The lowest BCUT2D eigenvalue weighted by Crippen LogP contribution is -2.51. The van der Waals surface area contributed by atoms with Gasteiger partial charge in [-0.3, -0.25) is 0 Å². The van der Waals surface area contributed by atoms with Crippen LogP contribution in [0.2, 0.25) is 0 Å². The van der Waals surface area contributed by atoms with Crippen LogP contribution in [0.4, 0.5) is 0 Å². The van der Waals surface area contributed by atoms with Crippen molar-refractivity contribution in [3.8, 4) is 0 Å². The molecule has 0 fully saturated rings. The van der Waals surface area contributed by atoms with Crippen LogP contribution in [0.3, 0.4) is 0 Å². The van der Waals surface area contributed by atoms with Gasteiger partial charge in [-0.05, 0) is 0 Å². The van der Waals surface area contributed by atoms with E-state index in [1.54, 1.807) is 0 Å². The molecule has 0 aromatic rings. The number of aliphatic hydroxyl groups excluding tert-OH is 5. The first-order valence-electron chi connectivity index (χ1n) is 3.53. The van der Waals surface area contributed by atoms with Crippen molar-refractivity contribution >= 4 is 6.29 Å². The number of nitrogens with two attached hydrogens (primary N) is 1. The highest BCUT2D eigenvalue weighted by Gasteiger charge is 2.32. The SMILES string of the molecule is NC(O)[C@@H](O)[C@@H](O)[C@H](O)[C@H](O)C=O. The largest absolute Gasteiger partial charge is 0.387 e. The standard InChI is InChI=1S/C6H13NO6/c7-6(13)5(12)4(11)3(10)2(9)1-8/h1-6,9-13H,7H2/t2-,3-,4+,5+,6?/m1/s1. The summed E-state index contributed by atoms with van der Waals surface area (Å²) in [4.78, 5) is 9.95. The first-order chi connectivity index (χ1) is 5.91. The molecule has 5 atom stereocenters. The first kappa shape index (κ1) is 12.4. The summed E-state index contributed by atoms with van der Waals surface area (Å²) < 4.78 is 0. The van der Waals surface area contributed by atoms with Gasteiger partial charge in [0.15, 0.2) is 6.29 Å². The molecular weight excluding hydrogens is 182 g/mol. The van der Waals surface area contributed by atoms with Gasteiger partial charge in [0.05, 0.1) is 0 Å². The van der Waals surface area contributed by atoms with Crippen LogP contribution in [0.1, 0.15) is 0 Å². The van der Waals surface area contributed by atoms with E-state index in [0.29, 0.717) is 0 Å². The topological polar surface area (TPSA) is 144 Å². The van der Waals surface area contributed by atoms with Crippen molar-refractivity contribution < 1.29 is 30.3 Å². The Labute approximate surface area is 74.0 Å². The summed E-state index contributed by atoms with van der Waals surface area (Å²) in [6, 6.07) is 0. The van der Waals surface area contributed by atoms with E-state index in [1.807, 2.05) is 0 Å². The molecule has 0 amide bonds. The van der Waals surface area contributed by atoms with Gasteiger partial charge in [-0.2, -0.15) is 0 Å². The molecule has 0 saturated carbocycles. The first-order valence-corrected chi connectivity index (χ1v) is 3.53. The van der Waals surface area contributed by atoms with Gasteiger partial charge in [-0.1, -0.05) is 0 Å². The van der Waals surface area contributed by atoms with Gasteiger partial charge in [-0.15, -0.1) is 0 Å². The lowest BCUT2D eigenvalue weighted by molar-refractivity contribution is -0.143. The highest BCUT2D eigenvalue weighted by molar-refractivity contribution is 5.56. The summed E-state index contributed by atoms with van der Waals surface area (Å²) >= 11 is 0. The zero-order valence-electron chi connectivity index (χ0n) is 6.69. The Kier molecular flexibility index (Phi) is 4.99. The number of carbonyl (C=O) groups is 1. The van der Waals surface area contributed by atoms with Crippen LogP contribution in [0, 0.1) is 0 Å². The highest BCUT2D eigenvalue weighted by atomic mass is 16.4.